The second-order valence-electron chi connectivity index (χ2n) is 6.00. The number of thiophene rings is 1. The highest BCUT2D eigenvalue weighted by molar-refractivity contribution is 7.17. The molecule has 0 unspecified atom stereocenters. The Morgan fingerprint density at radius 3 is 2.83 bits per heavy atom. The number of carbonyl (C=O) groups is 1. The SMILES string of the molecule is COCc1nnc(NC(=O)Cn2cnc3scc(-c4ccc(F)cc4)c3c2=O)s1. The number of hydrogen-bond acceptors (Lipinski definition) is 8. The number of halogens is 1. The Kier molecular flexibility index (Phi) is 5.43. The fraction of sp³-hybridized carbons (Fsp3) is 0.167. The van der Waals surface area contributed by atoms with Gasteiger partial charge in [0.05, 0.1) is 11.7 Å². The van der Waals surface area contributed by atoms with Crippen LogP contribution in [0.1, 0.15) is 5.01 Å². The lowest BCUT2D eigenvalue weighted by atomic mass is 10.1. The molecule has 0 spiro atoms. The van der Waals surface area contributed by atoms with E-state index >= 15 is 0 Å². The van der Waals surface area contributed by atoms with Gasteiger partial charge < -0.3 is 4.74 Å². The molecule has 29 heavy (non-hydrogen) atoms. The van der Waals surface area contributed by atoms with Gasteiger partial charge in [-0.2, -0.15) is 0 Å². The fourth-order valence-corrected chi connectivity index (χ4v) is 4.36. The molecule has 1 N–H and O–H groups in total. The van der Waals surface area contributed by atoms with Crippen molar-refractivity contribution in [3.05, 3.63) is 57.2 Å². The van der Waals surface area contributed by atoms with E-state index in [1.807, 2.05) is 0 Å². The minimum Gasteiger partial charge on any atom is -0.377 e. The molecular formula is C18H14FN5O3S2. The van der Waals surface area contributed by atoms with Crippen molar-refractivity contribution in [2.24, 2.45) is 0 Å². The topological polar surface area (TPSA) is 99.0 Å². The number of anilines is 1. The monoisotopic (exact) mass is 431 g/mol. The zero-order valence-electron chi connectivity index (χ0n) is 15.1. The van der Waals surface area contributed by atoms with Gasteiger partial charge in [0.15, 0.2) is 0 Å². The Hall–Kier alpha value is -3.02. The first-order chi connectivity index (χ1) is 14.0. The molecule has 11 heteroatoms. The summed E-state index contributed by atoms with van der Waals surface area (Å²) in [6.45, 7) is 0.0809. The molecule has 0 bridgehead atoms. The third kappa shape index (κ3) is 4.06. The average molecular weight is 431 g/mol. The van der Waals surface area contributed by atoms with Gasteiger partial charge in [-0.1, -0.05) is 23.5 Å². The van der Waals surface area contributed by atoms with E-state index in [0.717, 1.165) is 0 Å². The van der Waals surface area contributed by atoms with Gasteiger partial charge in [0.25, 0.3) is 5.56 Å². The van der Waals surface area contributed by atoms with Crippen molar-refractivity contribution in [3.63, 3.8) is 0 Å². The Labute approximate surface area is 171 Å². The number of methoxy groups -OCH3 is 1. The molecule has 0 saturated heterocycles. The van der Waals surface area contributed by atoms with Gasteiger partial charge in [0, 0.05) is 18.1 Å². The summed E-state index contributed by atoms with van der Waals surface area (Å²) >= 11 is 2.51. The third-order valence-corrected chi connectivity index (χ3v) is 5.71. The van der Waals surface area contributed by atoms with Crippen molar-refractivity contribution in [1.29, 1.82) is 0 Å². The molecule has 3 aromatic heterocycles. The molecule has 0 aliphatic rings. The molecule has 0 saturated carbocycles. The average Bonchev–Trinajstić information content (AvgIpc) is 3.32. The molecule has 0 atom stereocenters. The van der Waals surface area contributed by atoms with Gasteiger partial charge in [0.1, 0.15) is 28.8 Å². The molecule has 1 aromatic carbocycles. The summed E-state index contributed by atoms with van der Waals surface area (Å²) in [5.74, 6) is -0.780. The van der Waals surface area contributed by atoms with Crippen LogP contribution in [0, 0.1) is 5.82 Å². The molecule has 3 heterocycles. The van der Waals surface area contributed by atoms with Gasteiger partial charge in [-0.15, -0.1) is 21.5 Å². The predicted octanol–water partition coefficient (Wildman–Crippen LogP) is 2.90. The molecule has 4 rings (SSSR count). The van der Waals surface area contributed by atoms with Crippen molar-refractivity contribution in [1.82, 2.24) is 19.7 Å². The van der Waals surface area contributed by atoms with Crippen LogP contribution in [0.2, 0.25) is 0 Å². The van der Waals surface area contributed by atoms with Crippen LogP contribution in [-0.2, 0) is 22.7 Å². The molecule has 148 valence electrons. The highest BCUT2D eigenvalue weighted by Gasteiger charge is 2.15. The van der Waals surface area contributed by atoms with Gasteiger partial charge in [-0.25, -0.2) is 9.37 Å². The quantitative estimate of drug-likeness (QED) is 0.504. The first kappa shape index (κ1) is 19.3. The fourth-order valence-electron chi connectivity index (χ4n) is 2.72. The van der Waals surface area contributed by atoms with E-state index in [4.69, 9.17) is 4.74 Å². The summed E-state index contributed by atoms with van der Waals surface area (Å²) in [6.07, 6.45) is 1.34. The van der Waals surface area contributed by atoms with E-state index in [9.17, 15) is 14.0 Å². The lowest BCUT2D eigenvalue weighted by Gasteiger charge is -2.06. The van der Waals surface area contributed by atoms with Crippen molar-refractivity contribution in [2.45, 2.75) is 13.2 Å². The number of ether oxygens (including phenoxy) is 1. The normalized spacial score (nSPS) is 11.1. The Morgan fingerprint density at radius 1 is 1.28 bits per heavy atom. The summed E-state index contributed by atoms with van der Waals surface area (Å²) < 4.78 is 19.4. The van der Waals surface area contributed by atoms with E-state index in [-0.39, 0.29) is 17.9 Å². The summed E-state index contributed by atoms with van der Waals surface area (Å²) in [6, 6.07) is 5.88. The van der Waals surface area contributed by atoms with Crippen LogP contribution in [0.15, 0.2) is 40.8 Å². The van der Waals surface area contributed by atoms with E-state index in [1.165, 1.54) is 45.7 Å². The van der Waals surface area contributed by atoms with E-state index in [0.29, 0.717) is 38.1 Å². The van der Waals surface area contributed by atoms with Gasteiger partial charge in [0.2, 0.25) is 11.0 Å². The summed E-state index contributed by atoms with van der Waals surface area (Å²) in [5, 5.41) is 13.5. The van der Waals surface area contributed by atoms with Gasteiger partial charge in [-0.3, -0.25) is 19.5 Å². The number of nitrogens with zero attached hydrogens (tertiary/aromatic N) is 4. The van der Waals surface area contributed by atoms with Crippen LogP contribution in [0.3, 0.4) is 0 Å². The van der Waals surface area contributed by atoms with Crippen LogP contribution in [-0.4, -0.2) is 32.8 Å². The zero-order valence-corrected chi connectivity index (χ0v) is 16.7. The minimum atomic E-state index is -0.424. The third-order valence-electron chi connectivity index (χ3n) is 4.01. The number of hydrogen-bond donors (Lipinski definition) is 1. The lowest BCUT2D eigenvalue weighted by molar-refractivity contribution is -0.116. The Balaban J connectivity index is 1.60. The smallest absolute Gasteiger partial charge is 0.263 e. The van der Waals surface area contributed by atoms with Crippen molar-refractivity contribution >= 4 is 43.9 Å². The van der Waals surface area contributed by atoms with Gasteiger partial charge in [-0.05, 0) is 17.7 Å². The number of nitrogens with one attached hydrogen (secondary N) is 1. The highest BCUT2D eigenvalue weighted by Crippen LogP contribution is 2.30. The summed E-state index contributed by atoms with van der Waals surface area (Å²) in [5.41, 5.74) is 1.02. The number of benzene rings is 1. The molecule has 0 radical (unpaired) electrons. The van der Waals surface area contributed by atoms with E-state index < -0.39 is 5.91 Å². The highest BCUT2D eigenvalue weighted by atomic mass is 32.1. The first-order valence-corrected chi connectivity index (χ1v) is 10.1. The second-order valence-corrected chi connectivity index (χ2v) is 7.92. The number of amides is 1. The Morgan fingerprint density at radius 2 is 2.07 bits per heavy atom. The maximum Gasteiger partial charge on any atom is 0.263 e. The van der Waals surface area contributed by atoms with Crippen LogP contribution in [0.4, 0.5) is 9.52 Å². The van der Waals surface area contributed by atoms with E-state index in [2.05, 4.69) is 20.5 Å². The van der Waals surface area contributed by atoms with Crippen molar-refractivity contribution in [3.8, 4) is 11.1 Å². The van der Waals surface area contributed by atoms with Crippen molar-refractivity contribution < 1.29 is 13.9 Å². The molecular weight excluding hydrogens is 417 g/mol. The predicted molar refractivity (Wildman–Crippen MR) is 109 cm³/mol. The first-order valence-electron chi connectivity index (χ1n) is 8.39. The molecule has 0 aliphatic heterocycles. The summed E-state index contributed by atoms with van der Waals surface area (Å²) in [4.78, 5) is 30.1. The van der Waals surface area contributed by atoms with Crippen LogP contribution >= 0.6 is 22.7 Å². The second kappa shape index (κ2) is 8.15. The van der Waals surface area contributed by atoms with Crippen molar-refractivity contribution in [2.75, 3.05) is 12.4 Å². The number of aromatic nitrogens is 4. The lowest BCUT2D eigenvalue weighted by Crippen LogP contribution is -2.27. The maximum absolute atomic E-state index is 13.2. The number of rotatable bonds is 6. The van der Waals surface area contributed by atoms with Gasteiger partial charge >= 0.3 is 0 Å². The number of fused-ring (bicyclic) bond motifs is 1. The van der Waals surface area contributed by atoms with E-state index in [1.54, 1.807) is 24.6 Å². The molecule has 1 amide bonds. The van der Waals surface area contributed by atoms with Crippen LogP contribution in [0.5, 0.6) is 0 Å². The Bertz CT molecular complexity index is 1230. The summed E-state index contributed by atoms with van der Waals surface area (Å²) in [7, 11) is 1.54. The minimum absolute atomic E-state index is 0.223. The number of carbonyl (C=O) groups excluding carboxylic acids is 1. The van der Waals surface area contributed by atoms with Crippen LogP contribution in [0.25, 0.3) is 21.3 Å². The zero-order chi connectivity index (χ0) is 20.4. The maximum atomic E-state index is 13.2. The molecule has 4 aromatic rings. The molecule has 0 fully saturated rings. The largest absolute Gasteiger partial charge is 0.377 e. The standard InChI is InChI=1S/C18H14FN5O3S2/c1-27-7-14-22-23-18(29-14)21-13(25)6-24-9-20-16-15(17(24)26)12(8-28-16)10-2-4-11(19)5-3-10/h2-5,8-9H,6-7H2,1H3,(H,21,23,25). The molecule has 0 aliphatic carbocycles. The molecule has 8 nitrogen and oxygen atoms in total. The van der Waals surface area contributed by atoms with Crippen LogP contribution < -0.4 is 10.9 Å².